The molecule has 0 N–H and O–H groups in total. The minimum absolute atomic E-state index is 0.386. The van der Waals surface area contributed by atoms with Crippen LogP contribution in [-0.4, -0.2) is 32.3 Å². The lowest BCUT2D eigenvalue weighted by molar-refractivity contribution is -0.137. The molecule has 0 unspecified atom stereocenters. The molecule has 0 aromatic heterocycles. The van der Waals surface area contributed by atoms with Gasteiger partial charge in [-0.1, -0.05) is 30.8 Å². The number of esters is 2. The fourth-order valence-electron chi connectivity index (χ4n) is 3.33. The molecule has 6 nitrogen and oxygen atoms in total. The Morgan fingerprint density at radius 1 is 0.714 bits per heavy atom. The van der Waals surface area contributed by atoms with Crippen molar-refractivity contribution in [2.24, 2.45) is 0 Å². The lowest BCUT2D eigenvalue weighted by Crippen LogP contribution is -2.08. The zero-order valence-corrected chi connectivity index (χ0v) is 19.9. The van der Waals surface area contributed by atoms with Crippen LogP contribution in [0, 0.1) is 0 Å². The van der Waals surface area contributed by atoms with Crippen molar-refractivity contribution < 1.29 is 28.5 Å². The summed E-state index contributed by atoms with van der Waals surface area (Å²) in [6.07, 6.45) is 4.82. The minimum atomic E-state index is -0.425. The van der Waals surface area contributed by atoms with Crippen LogP contribution in [-0.2, 0) is 9.53 Å². The van der Waals surface area contributed by atoms with Gasteiger partial charge in [-0.2, -0.15) is 0 Å². The van der Waals surface area contributed by atoms with Gasteiger partial charge in [0.2, 0.25) is 0 Å². The molecule has 3 aromatic rings. The van der Waals surface area contributed by atoms with Crippen molar-refractivity contribution in [2.45, 2.75) is 25.7 Å². The lowest BCUT2D eigenvalue weighted by atomic mass is 10.1. The minimum Gasteiger partial charge on any atom is -0.497 e. The summed E-state index contributed by atoms with van der Waals surface area (Å²) >= 11 is 0. The standard InChI is InChI=1S/C29H30O6/c1-3-28(30)34-21-7-5-4-6-20-33-26-16-12-24(13-17-26)29(31)35-27-18-10-23(11-19-27)22-8-14-25(32-2)15-9-22/h3,8-19H,1,4-7,20-21H2,2H3. The van der Waals surface area contributed by atoms with E-state index in [2.05, 4.69) is 6.58 Å². The van der Waals surface area contributed by atoms with Gasteiger partial charge < -0.3 is 18.9 Å². The topological polar surface area (TPSA) is 71.1 Å². The number of ether oxygens (including phenoxy) is 4. The van der Waals surface area contributed by atoms with Crippen molar-refractivity contribution >= 4 is 11.9 Å². The monoisotopic (exact) mass is 474 g/mol. The van der Waals surface area contributed by atoms with Crippen LogP contribution in [0.2, 0.25) is 0 Å². The second-order valence-electron chi connectivity index (χ2n) is 7.80. The number of hydrogen-bond acceptors (Lipinski definition) is 6. The van der Waals surface area contributed by atoms with Gasteiger partial charge in [0.25, 0.3) is 0 Å². The number of methoxy groups -OCH3 is 1. The molecular weight excluding hydrogens is 444 g/mol. The van der Waals surface area contributed by atoms with Crippen molar-refractivity contribution in [2.75, 3.05) is 20.3 Å². The highest BCUT2D eigenvalue weighted by atomic mass is 16.5. The van der Waals surface area contributed by atoms with E-state index in [-0.39, 0.29) is 5.97 Å². The maximum Gasteiger partial charge on any atom is 0.343 e. The second-order valence-corrected chi connectivity index (χ2v) is 7.80. The van der Waals surface area contributed by atoms with E-state index in [1.54, 1.807) is 43.5 Å². The maximum atomic E-state index is 12.5. The molecule has 0 atom stereocenters. The molecule has 0 saturated heterocycles. The van der Waals surface area contributed by atoms with Crippen LogP contribution < -0.4 is 14.2 Å². The fourth-order valence-corrected chi connectivity index (χ4v) is 3.33. The van der Waals surface area contributed by atoms with Crippen LogP contribution in [0.15, 0.2) is 85.5 Å². The van der Waals surface area contributed by atoms with E-state index in [4.69, 9.17) is 18.9 Å². The van der Waals surface area contributed by atoms with Crippen LogP contribution in [0.3, 0.4) is 0 Å². The predicted octanol–water partition coefficient (Wildman–Crippen LogP) is 6.25. The first-order chi connectivity index (χ1) is 17.1. The van der Waals surface area contributed by atoms with Crippen molar-refractivity contribution in [1.82, 2.24) is 0 Å². The zero-order valence-electron chi connectivity index (χ0n) is 19.9. The first kappa shape index (κ1) is 25.6. The third-order valence-electron chi connectivity index (χ3n) is 5.30. The molecule has 0 aliphatic heterocycles. The van der Waals surface area contributed by atoms with E-state index in [0.717, 1.165) is 42.6 Å². The molecule has 0 amide bonds. The highest BCUT2D eigenvalue weighted by molar-refractivity contribution is 5.91. The maximum absolute atomic E-state index is 12.5. The largest absolute Gasteiger partial charge is 0.497 e. The quantitative estimate of drug-likeness (QED) is 0.126. The van der Waals surface area contributed by atoms with E-state index in [0.29, 0.717) is 30.3 Å². The highest BCUT2D eigenvalue weighted by Gasteiger charge is 2.09. The van der Waals surface area contributed by atoms with Gasteiger partial charge in [-0.25, -0.2) is 9.59 Å². The van der Waals surface area contributed by atoms with Crippen molar-refractivity contribution in [3.8, 4) is 28.4 Å². The molecule has 0 spiro atoms. The molecule has 0 radical (unpaired) electrons. The number of unbranched alkanes of at least 4 members (excludes halogenated alkanes) is 3. The molecule has 3 rings (SSSR count). The van der Waals surface area contributed by atoms with Crippen molar-refractivity contribution in [3.05, 3.63) is 91.0 Å². The Morgan fingerprint density at radius 2 is 1.26 bits per heavy atom. The average molecular weight is 475 g/mol. The summed E-state index contributed by atoms with van der Waals surface area (Å²) in [7, 11) is 1.64. The molecule has 0 saturated carbocycles. The summed E-state index contributed by atoms with van der Waals surface area (Å²) in [5.74, 6) is 1.17. The van der Waals surface area contributed by atoms with Gasteiger partial charge in [0.1, 0.15) is 17.2 Å². The normalized spacial score (nSPS) is 10.3. The molecule has 3 aromatic carbocycles. The molecule has 0 aliphatic carbocycles. The van der Waals surface area contributed by atoms with E-state index >= 15 is 0 Å². The molecule has 0 bridgehead atoms. The van der Waals surface area contributed by atoms with Crippen LogP contribution >= 0.6 is 0 Å². The lowest BCUT2D eigenvalue weighted by Gasteiger charge is -2.08. The van der Waals surface area contributed by atoms with Crippen molar-refractivity contribution in [3.63, 3.8) is 0 Å². The van der Waals surface area contributed by atoms with Crippen LogP contribution in [0.5, 0.6) is 17.2 Å². The summed E-state index contributed by atoms with van der Waals surface area (Å²) in [5, 5.41) is 0. The van der Waals surface area contributed by atoms with E-state index in [9.17, 15) is 9.59 Å². The Kier molecular flexibility index (Phi) is 9.93. The number of carbonyl (C=O) groups excluding carboxylic acids is 2. The third kappa shape index (κ3) is 8.34. The fraction of sp³-hybridized carbons (Fsp3) is 0.241. The Hall–Kier alpha value is -4.06. The third-order valence-corrected chi connectivity index (χ3v) is 5.30. The Morgan fingerprint density at radius 3 is 1.83 bits per heavy atom. The van der Waals surface area contributed by atoms with Crippen LogP contribution in [0.1, 0.15) is 36.0 Å². The van der Waals surface area contributed by atoms with Gasteiger partial charge >= 0.3 is 11.9 Å². The van der Waals surface area contributed by atoms with Crippen LogP contribution in [0.25, 0.3) is 11.1 Å². The molecule has 0 heterocycles. The number of carbonyl (C=O) groups is 2. The second kappa shape index (κ2) is 13.6. The molecule has 6 heteroatoms. The number of hydrogen-bond donors (Lipinski definition) is 0. The summed E-state index contributed by atoms with van der Waals surface area (Å²) in [4.78, 5) is 23.4. The Bertz CT molecular complexity index is 1090. The summed E-state index contributed by atoms with van der Waals surface area (Å²) < 4.78 is 21.4. The summed E-state index contributed by atoms with van der Waals surface area (Å²) in [6.45, 7) is 4.35. The van der Waals surface area contributed by atoms with Crippen molar-refractivity contribution in [1.29, 1.82) is 0 Å². The van der Waals surface area contributed by atoms with E-state index < -0.39 is 5.97 Å². The molecule has 35 heavy (non-hydrogen) atoms. The van der Waals surface area contributed by atoms with Gasteiger partial charge in [0, 0.05) is 6.08 Å². The Balaban J connectivity index is 1.39. The zero-order chi connectivity index (χ0) is 24.9. The number of benzene rings is 3. The molecule has 182 valence electrons. The van der Waals surface area contributed by atoms with Crippen LogP contribution in [0.4, 0.5) is 0 Å². The van der Waals surface area contributed by atoms with Gasteiger partial charge in [-0.3, -0.25) is 0 Å². The summed E-state index contributed by atoms with van der Waals surface area (Å²) in [6, 6.07) is 22.1. The van der Waals surface area contributed by atoms with Gasteiger partial charge in [0.15, 0.2) is 0 Å². The Labute approximate surface area is 206 Å². The molecular formula is C29H30O6. The predicted molar refractivity (Wildman–Crippen MR) is 135 cm³/mol. The molecule has 0 fully saturated rings. The highest BCUT2D eigenvalue weighted by Crippen LogP contribution is 2.25. The van der Waals surface area contributed by atoms with Gasteiger partial charge in [0.05, 0.1) is 25.9 Å². The van der Waals surface area contributed by atoms with E-state index in [1.165, 1.54) is 6.08 Å². The first-order valence-electron chi connectivity index (χ1n) is 11.6. The average Bonchev–Trinajstić information content (AvgIpc) is 2.90. The smallest absolute Gasteiger partial charge is 0.343 e. The molecule has 0 aliphatic rings. The van der Waals surface area contributed by atoms with Gasteiger partial charge in [-0.15, -0.1) is 0 Å². The SMILES string of the molecule is C=CC(=O)OCCCCCCOc1ccc(C(=O)Oc2ccc(-c3ccc(OC)cc3)cc2)cc1. The first-order valence-corrected chi connectivity index (χ1v) is 11.6. The number of rotatable bonds is 13. The van der Waals surface area contributed by atoms with Gasteiger partial charge in [-0.05, 0) is 85.3 Å². The van der Waals surface area contributed by atoms with E-state index in [1.807, 2.05) is 36.4 Å². The summed E-state index contributed by atoms with van der Waals surface area (Å²) in [5.41, 5.74) is 2.52.